The topological polar surface area (TPSA) is 61.8 Å². The summed E-state index contributed by atoms with van der Waals surface area (Å²) in [6, 6.07) is 0. The van der Waals surface area contributed by atoms with Crippen LogP contribution in [0.2, 0.25) is 0 Å². The van der Waals surface area contributed by atoms with Crippen LogP contribution in [-0.2, 0) is 23.8 Å². The molecular weight excluding hydrogens is 765 g/mol. The number of ether oxygens (including phenoxy) is 3. The highest BCUT2D eigenvalue weighted by atomic mass is 16.6. The van der Waals surface area contributed by atoms with Gasteiger partial charge in [-0.25, -0.2) is 0 Å². The van der Waals surface area contributed by atoms with Gasteiger partial charge in [0.2, 0.25) is 0 Å². The van der Waals surface area contributed by atoms with Crippen molar-refractivity contribution in [3.8, 4) is 0 Å². The molecule has 5 heteroatoms. The molecule has 0 spiro atoms. The molecule has 5 nitrogen and oxygen atoms in total. The lowest BCUT2D eigenvalue weighted by molar-refractivity contribution is -0.163. The second-order valence-electron chi connectivity index (χ2n) is 17.8. The number of carbonyl (C=O) groups excluding carboxylic acids is 2. The van der Waals surface area contributed by atoms with Crippen LogP contribution in [0.4, 0.5) is 0 Å². The van der Waals surface area contributed by atoms with Crippen molar-refractivity contribution in [1.82, 2.24) is 0 Å². The number of carbonyl (C=O) groups is 2. The molecule has 0 fully saturated rings. The second kappa shape index (κ2) is 52.9. The van der Waals surface area contributed by atoms with Gasteiger partial charge < -0.3 is 14.2 Å². The average Bonchev–Trinajstić information content (AvgIpc) is 3.27. The average molecular weight is 867 g/mol. The van der Waals surface area contributed by atoms with Gasteiger partial charge in [-0.2, -0.15) is 0 Å². The van der Waals surface area contributed by atoms with E-state index < -0.39 is 6.10 Å². The highest BCUT2D eigenvalue weighted by Gasteiger charge is 2.17. The van der Waals surface area contributed by atoms with Crippen LogP contribution in [0.5, 0.6) is 0 Å². The summed E-state index contributed by atoms with van der Waals surface area (Å²) in [5.74, 6) is -0.411. The molecule has 0 aliphatic rings. The normalized spacial score (nSPS) is 12.6. The Balaban J connectivity index is 4.28. The maximum absolute atomic E-state index is 12.8. The SMILES string of the molecule is CC/C=C\C/C=C\C/C=C\C/C=C\C/C=C\CCCCOCC(COC(=O)CCCCCCCCCCCCCCCCCCC)OC(=O)CCCCCCCCCCCCC. The molecule has 0 rings (SSSR count). The van der Waals surface area contributed by atoms with Gasteiger partial charge in [-0.15, -0.1) is 0 Å². The van der Waals surface area contributed by atoms with Crippen LogP contribution >= 0.6 is 0 Å². The van der Waals surface area contributed by atoms with E-state index in [9.17, 15) is 9.59 Å². The molecule has 62 heavy (non-hydrogen) atoms. The second-order valence-corrected chi connectivity index (χ2v) is 17.8. The Morgan fingerprint density at radius 2 is 0.726 bits per heavy atom. The van der Waals surface area contributed by atoms with Crippen molar-refractivity contribution in [3.63, 3.8) is 0 Å². The fourth-order valence-corrected chi connectivity index (χ4v) is 7.60. The summed E-state index contributed by atoms with van der Waals surface area (Å²) in [5, 5.41) is 0. The molecule has 360 valence electrons. The van der Waals surface area contributed by atoms with Gasteiger partial charge in [0.1, 0.15) is 6.61 Å². The number of allylic oxidation sites excluding steroid dienone is 10. The van der Waals surface area contributed by atoms with Crippen LogP contribution in [0.1, 0.15) is 265 Å². The molecule has 1 unspecified atom stereocenters. The first kappa shape index (κ1) is 59.6. The lowest BCUT2D eigenvalue weighted by Crippen LogP contribution is -2.30. The summed E-state index contributed by atoms with van der Waals surface area (Å²) in [6.45, 7) is 7.64. The fourth-order valence-electron chi connectivity index (χ4n) is 7.60. The Morgan fingerprint density at radius 1 is 0.371 bits per heavy atom. The van der Waals surface area contributed by atoms with Gasteiger partial charge in [-0.1, -0.05) is 248 Å². The van der Waals surface area contributed by atoms with Gasteiger partial charge in [0.15, 0.2) is 6.10 Å². The van der Waals surface area contributed by atoms with Crippen LogP contribution in [0, 0.1) is 0 Å². The van der Waals surface area contributed by atoms with Crippen LogP contribution in [-0.4, -0.2) is 37.9 Å². The molecule has 0 aromatic carbocycles. The molecule has 0 radical (unpaired) electrons. The summed E-state index contributed by atoms with van der Waals surface area (Å²) in [4.78, 5) is 25.4. The van der Waals surface area contributed by atoms with Crippen LogP contribution in [0.15, 0.2) is 60.8 Å². The Bertz CT molecular complexity index is 1070. The lowest BCUT2D eigenvalue weighted by Gasteiger charge is -2.18. The van der Waals surface area contributed by atoms with Gasteiger partial charge in [0, 0.05) is 19.4 Å². The molecule has 0 saturated carbocycles. The summed E-state index contributed by atoms with van der Waals surface area (Å²) in [7, 11) is 0. The Kier molecular flexibility index (Phi) is 50.9. The molecule has 0 N–H and O–H groups in total. The molecule has 0 heterocycles. The zero-order valence-corrected chi connectivity index (χ0v) is 41.4. The minimum absolute atomic E-state index is 0.0713. The minimum atomic E-state index is -0.555. The largest absolute Gasteiger partial charge is 0.462 e. The molecule has 0 aromatic rings. The predicted molar refractivity (Wildman–Crippen MR) is 270 cm³/mol. The maximum Gasteiger partial charge on any atom is 0.306 e. The molecule has 0 bridgehead atoms. The third-order valence-electron chi connectivity index (χ3n) is 11.6. The van der Waals surface area contributed by atoms with Crippen molar-refractivity contribution >= 4 is 11.9 Å². The van der Waals surface area contributed by atoms with Gasteiger partial charge in [-0.05, 0) is 64.2 Å². The zero-order chi connectivity index (χ0) is 44.9. The molecule has 0 aliphatic carbocycles. The van der Waals surface area contributed by atoms with E-state index in [-0.39, 0.29) is 25.2 Å². The molecule has 0 aromatic heterocycles. The number of hydrogen-bond acceptors (Lipinski definition) is 5. The molecule has 0 amide bonds. The lowest BCUT2D eigenvalue weighted by atomic mass is 10.0. The van der Waals surface area contributed by atoms with Gasteiger partial charge >= 0.3 is 11.9 Å². The summed E-state index contributed by atoms with van der Waals surface area (Å²) in [6.07, 6.45) is 66.7. The van der Waals surface area contributed by atoms with Crippen molar-refractivity contribution in [2.24, 2.45) is 0 Å². The molecule has 0 saturated heterocycles. The first-order chi connectivity index (χ1) is 30.6. The number of rotatable bonds is 49. The highest BCUT2D eigenvalue weighted by Crippen LogP contribution is 2.16. The van der Waals surface area contributed by atoms with E-state index >= 15 is 0 Å². The van der Waals surface area contributed by atoms with Crippen LogP contribution in [0.3, 0.4) is 0 Å². The zero-order valence-electron chi connectivity index (χ0n) is 41.4. The standard InChI is InChI=1S/C57H102O5/c1-4-7-10-13-16-19-22-24-26-28-30-32-34-37-40-43-46-49-52-60-53-55(62-57(59)51-48-45-42-39-35-21-18-15-12-9-6-3)54-61-56(58)50-47-44-41-38-36-33-31-29-27-25-23-20-17-14-11-8-5-2/h7,10,16,19,24,26,30,32,37,40,55H,4-6,8-9,11-15,17-18,20-23,25,27-29,31,33-36,38-39,41-54H2,1-3H3/b10-7-,19-16-,26-24-,32-30-,40-37-. The fraction of sp³-hybridized carbons (Fsp3) is 0.789. The van der Waals surface area contributed by atoms with Crippen molar-refractivity contribution in [2.45, 2.75) is 271 Å². The van der Waals surface area contributed by atoms with Crippen molar-refractivity contribution < 1.29 is 23.8 Å². The van der Waals surface area contributed by atoms with E-state index in [2.05, 4.69) is 81.5 Å². The van der Waals surface area contributed by atoms with Gasteiger partial charge in [0.25, 0.3) is 0 Å². The predicted octanol–water partition coefficient (Wildman–Crippen LogP) is 18.1. The third kappa shape index (κ3) is 50.2. The molecule has 0 aliphatic heterocycles. The van der Waals surface area contributed by atoms with Crippen molar-refractivity contribution in [3.05, 3.63) is 60.8 Å². The monoisotopic (exact) mass is 867 g/mol. The van der Waals surface area contributed by atoms with Gasteiger partial charge in [0.05, 0.1) is 6.61 Å². The summed E-state index contributed by atoms with van der Waals surface area (Å²) < 4.78 is 17.4. The minimum Gasteiger partial charge on any atom is -0.462 e. The smallest absolute Gasteiger partial charge is 0.306 e. The van der Waals surface area contributed by atoms with E-state index in [1.807, 2.05) is 0 Å². The van der Waals surface area contributed by atoms with E-state index in [0.29, 0.717) is 19.4 Å². The van der Waals surface area contributed by atoms with Crippen molar-refractivity contribution in [2.75, 3.05) is 19.8 Å². The molecular formula is C57H102O5. The van der Waals surface area contributed by atoms with Crippen LogP contribution in [0.25, 0.3) is 0 Å². The maximum atomic E-state index is 12.8. The number of unbranched alkanes of at least 4 members (excludes halogenated alkanes) is 28. The Morgan fingerprint density at radius 3 is 1.13 bits per heavy atom. The number of hydrogen-bond donors (Lipinski definition) is 0. The Hall–Kier alpha value is -2.40. The number of esters is 2. The Labute approximate surface area is 385 Å². The van der Waals surface area contributed by atoms with E-state index in [1.165, 1.54) is 154 Å². The first-order valence-corrected chi connectivity index (χ1v) is 26.8. The van der Waals surface area contributed by atoms with Crippen molar-refractivity contribution in [1.29, 1.82) is 0 Å². The third-order valence-corrected chi connectivity index (χ3v) is 11.6. The van der Waals surface area contributed by atoms with E-state index in [1.54, 1.807) is 0 Å². The summed E-state index contributed by atoms with van der Waals surface area (Å²) >= 11 is 0. The van der Waals surface area contributed by atoms with Gasteiger partial charge in [-0.3, -0.25) is 9.59 Å². The van der Waals surface area contributed by atoms with E-state index in [0.717, 1.165) is 77.0 Å². The highest BCUT2D eigenvalue weighted by molar-refractivity contribution is 5.70. The van der Waals surface area contributed by atoms with E-state index in [4.69, 9.17) is 14.2 Å². The summed E-state index contributed by atoms with van der Waals surface area (Å²) in [5.41, 5.74) is 0. The molecule has 1 atom stereocenters. The quantitative estimate of drug-likeness (QED) is 0.0346. The first-order valence-electron chi connectivity index (χ1n) is 26.8. The van der Waals surface area contributed by atoms with Crippen LogP contribution < -0.4 is 0 Å².